The van der Waals surface area contributed by atoms with Gasteiger partial charge >= 0.3 is 6.03 Å². The lowest BCUT2D eigenvalue weighted by Gasteiger charge is -2.36. The molecule has 0 spiro atoms. The molecule has 26 heavy (non-hydrogen) atoms. The summed E-state index contributed by atoms with van der Waals surface area (Å²) in [6.45, 7) is 6.30. The van der Waals surface area contributed by atoms with Crippen molar-refractivity contribution in [1.29, 1.82) is 0 Å². The predicted octanol–water partition coefficient (Wildman–Crippen LogP) is 3.31. The maximum Gasteiger partial charge on any atom is 0.321 e. The van der Waals surface area contributed by atoms with Gasteiger partial charge in [-0.05, 0) is 36.8 Å². The Morgan fingerprint density at radius 1 is 0.923 bits per heavy atom. The molecule has 3 rings (SSSR count). The lowest BCUT2D eigenvalue weighted by molar-refractivity contribution is -0.114. The van der Waals surface area contributed by atoms with Crippen molar-refractivity contribution in [1.82, 2.24) is 4.90 Å². The first-order valence-corrected chi connectivity index (χ1v) is 8.77. The van der Waals surface area contributed by atoms with Crippen LogP contribution >= 0.6 is 0 Å². The summed E-state index contributed by atoms with van der Waals surface area (Å²) in [7, 11) is 0. The molecule has 0 unspecified atom stereocenters. The first-order valence-electron chi connectivity index (χ1n) is 8.77. The summed E-state index contributed by atoms with van der Waals surface area (Å²) in [5.74, 6) is -0.0835. The zero-order chi connectivity index (χ0) is 18.5. The standard InChI is InChI=1S/C20H24N4O2/c1-15-6-3-4-9-19(15)22-20(26)24-12-10-23(11-13-24)18-8-5-7-17(14-18)21-16(2)25/h3-9,14H,10-13H2,1-2H3,(H,21,25)(H,22,26). The molecule has 1 fully saturated rings. The SMILES string of the molecule is CC(=O)Nc1cccc(N2CCN(C(=O)Nc3ccccc3C)CC2)c1. The van der Waals surface area contributed by atoms with Crippen LogP contribution in [0.3, 0.4) is 0 Å². The van der Waals surface area contributed by atoms with Crippen LogP contribution in [0.15, 0.2) is 48.5 Å². The number of hydrogen-bond donors (Lipinski definition) is 2. The molecule has 6 nitrogen and oxygen atoms in total. The fourth-order valence-corrected chi connectivity index (χ4v) is 3.06. The average molecular weight is 352 g/mol. The fourth-order valence-electron chi connectivity index (χ4n) is 3.06. The summed E-state index contributed by atoms with van der Waals surface area (Å²) < 4.78 is 0. The second-order valence-electron chi connectivity index (χ2n) is 6.45. The van der Waals surface area contributed by atoms with Gasteiger partial charge in [0.25, 0.3) is 0 Å². The molecule has 2 aromatic rings. The summed E-state index contributed by atoms with van der Waals surface area (Å²) in [5.41, 5.74) is 3.74. The topological polar surface area (TPSA) is 64.7 Å². The average Bonchev–Trinajstić information content (AvgIpc) is 2.63. The van der Waals surface area contributed by atoms with E-state index in [0.29, 0.717) is 13.1 Å². The Kier molecular flexibility index (Phi) is 5.41. The Morgan fingerprint density at radius 2 is 1.65 bits per heavy atom. The lowest BCUT2D eigenvalue weighted by Crippen LogP contribution is -2.50. The van der Waals surface area contributed by atoms with E-state index in [1.54, 1.807) is 0 Å². The molecule has 1 saturated heterocycles. The first-order chi connectivity index (χ1) is 12.5. The molecule has 0 aliphatic carbocycles. The number of nitrogens with one attached hydrogen (secondary N) is 2. The van der Waals surface area contributed by atoms with Crippen molar-refractivity contribution in [2.24, 2.45) is 0 Å². The second kappa shape index (κ2) is 7.91. The Bertz CT molecular complexity index is 798. The van der Waals surface area contributed by atoms with E-state index < -0.39 is 0 Å². The van der Waals surface area contributed by atoms with Crippen LogP contribution in [-0.4, -0.2) is 43.0 Å². The van der Waals surface area contributed by atoms with Crippen LogP contribution in [0.1, 0.15) is 12.5 Å². The van der Waals surface area contributed by atoms with Crippen LogP contribution in [0.2, 0.25) is 0 Å². The number of aryl methyl sites for hydroxylation is 1. The van der Waals surface area contributed by atoms with Crippen LogP contribution in [0.25, 0.3) is 0 Å². The summed E-state index contributed by atoms with van der Waals surface area (Å²) in [5, 5.41) is 5.79. The van der Waals surface area contributed by atoms with E-state index in [-0.39, 0.29) is 11.9 Å². The van der Waals surface area contributed by atoms with Crippen LogP contribution < -0.4 is 15.5 Å². The van der Waals surface area contributed by atoms with Crippen molar-refractivity contribution >= 4 is 29.0 Å². The minimum absolute atomic E-state index is 0.0639. The maximum atomic E-state index is 12.5. The Labute approximate surface area is 153 Å². The number of nitrogens with zero attached hydrogens (tertiary/aromatic N) is 2. The number of benzene rings is 2. The van der Waals surface area contributed by atoms with Gasteiger partial charge in [-0.1, -0.05) is 24.3 Å². The molecule has 6 heteroatoms. The van der Waals surface area contributed by atoms with Crippen molar-refractivity contribution in [2.75, 3.05) is 41.7 Å². The third kappa shape index (κ3) is 4.33. The predicted molar refractivity (Wildman–Crippen MR) is 105 cm³/mol. The molecular weight excluding hydrogens is 328 g/mol. The molecule has 0 aromatic heterocycles. The normalized spacial score (nSPS) is 14.1. The molecule has 0 radical (unpaired) electrons. The molecule has 3 amide bonds. The molecule has 0 bridgehead atoms. The Hall–Kier alpha value is -3.02. The Balaban J connectivity index is 1.58. The van der Waals surface area contributed by atoms with E-state index in [0.717, 1.165) is 35.7 Å². The Morgan fingerprint density at radius 3 is 2.35 bits per heavy atom. The van der Waals surface area contributed by atoms with Gasteiger partial charge in [0.05, 0.1) is 0 Å². The van der Waals surface area contributed by atoms with Crippen LogP contribution in [-0.2, 0) is 4.79 Å². The summed E-state index contributed by atoms with van der Waals surface area (Å²) in [4.78, 5) is 27.8. The van der Waals surface area contributed by atoms with E-state index in [2.05, 4.69) is 15.5 Å². The number of hydrogen-bond acceptors (Lipinski definition) is 3. The number of para-hydroxylation sites is 1. The van der Waals surface area contributed by atoms with E-state index in [1.807, 2.05) is 60.4 Å². The molecule has 136 valence electrons. The molecular formula is C20H24N4O2. The summed E-state index contributed by atoms with van der Waals surface area (Å²) in [6, 6.07) is 15.5. The van der Waals surface area contributed by atoms with Crippen molar-refractivity contribution in [2.45, 2.75) is 13.8 Å². The number of rotatable bonds is 3. The number of carbonyl (C=O) groups is 2. The highest BCUT2D eigenvalue weighted by Gasteiger charge is 2.21. The second-order valence-corrected chi connectivity index (χ2v) is 6.45. The highest BCUT2D eigenvalue weighted by molar-refractivity contribution is 5.90. The third-order valence-electron chi connectivity index (χ3n) is 4.49. The van der Waals surface area contributed by atoms with Gasteiger partial charge in [-0.3, -0.25) is 4.79 Å². The minimum atomic E-state index is -0.0835. The number of anilines is 3. The smallest absolute Gasteiger partial charge is 0.321 e. The third-order valence-corrected chi connectivity index (χ3v) is 4.49. The zero-order valence-electron chi connectivity index (χ0n) is 15.2. The molecule has 0 saturated carbocycles. The summed E-state index contributed by atoms with van der Waals surface area (Å²) >= 11 is 0. The van der Waals surface area contributed by atoms with E-state index in [1.165, 1.54) is 6.92 Å². The van der Waals surface area contributed by atoms with Crippen molar-refractivity contribution in [3.8, 4) is 0 Å². The number of carbonyl (C=O) groups excluding carboxylic acids is 2. The number of amides is 3. The first kappa shape index (κ1) is 17.8. The van der Waals surface area contributed by atoms with Crippen molar-refractivity contribution < 1.29 is 9.59 Å². The fraction of sp³-hybridized carbons (Fsp3) is 0.300. The van der Waals surface area contributed by atoms with E-state index in [9.17, 15) is 9.59 Å². The zero-order valence-corrected chi connectivity index (χ0v) is 15.2. The lowest BCUT2D eigenvalue weighted by atomic mass is 10.2. The minimum Gasteiger partial charge on any atom is -0.368 e. The van der Waals surface area contributed by atoms with Gasteiger partial charge < -0.3 is 20.4 Å². The molecule has 2 N–H and O–H groups in total. The van der Waals surface area contributed by atoms with E-state index >= 15 is 0 Å². The monoisotopic (exact) mass is 352 g/mol. The maximum absolute atomic E-state index is 12.5. The highest BCUT2D eigenvalue weighted by atomic mass is 16.2. The van der Waals surface area contributed by atoms with Crippen molar-refractivity contribution in [3.05, 3.63) is 54.1 Å². The largest absolute Gasteiger partial charge is 0.368 e. The molecule has 1 aliphatic rings. The van der Waals surface area contributed by atoms with Crippen LogP contribution in [0, 0.1) is 6.92 Å². The molecule has 2 aromatic carbocycles. The highest BCUT2D eigenvalue weighted by Crippen LogP contribution is 2.21. The van der Waals surface area contributed by atoms with Gasteiger partial charge in [-0.2, -0.15) is 0 Å². The van der Waals surface area contributed by atoms with Gasteiger partial charge in [-0.25, -0.2) is 4.79 Å². The number of piperazine rings is 1. The quantitative estimate of drug-likeness (QED) is 0.891. The van der Waals surface area contributed by atoms with Crippen molar-refractivity contribution in [3.63, 3.8) is 0 Å². The van der Waals surface area contributed by atoms with Gasteiger partial charge in [0.15, 0.2) is 0 Å². The van der Waals surface area contributed by atoms with E-state index in [4.69, 9.17) is 0 Å². The van der Waals surface area contributed by atoms with Gasteiger partial charge in [-0.15, -0.1) is 0 Å². The molecule has 0 atom stereocenters. The van der Waals surface area contributed by atoms with Crippen LogP contribution in [0.5, 0.6) is 0 Å². The van der Waals surface area contributed by atoms with Gasteiger partial charge in [0.2, 0.25) is 5.91 Å². The molecule has 1 heterocycles. The van der Waals surface area contributed by atoms with Gasteiger partial charge in [0, 0.05) is 50.2 Å². The van der Waals surface area contributed by atoms with Crippen LogP contribution in [0.4, 0.5) is 21.9 Å². The molecule has 1 aliphatic heterocycles. The van der Waals surface area contributed by atoms with Gasteiger partial charge in [0.1, 0.15) is 0 Å². The number of urea groups is 1. The summed E-state index contributed by atoms with van der Waals surface area (Å²) in [6.07, 6.45) is 0.